The number of unbranched alkanes of at least 4 members (excludes halogenated alkanes) is 2. The Kier molecular flexibility index (Phi) is 19.8. The number of ketones is 4. The zero-order valence-electron chi connectivity index (χ0n) is 23.1. The van der Waals surface area contributed by atoms with Gasteiger partial charge >= 0.3 is 0 Å². The third kappa shape index (κ3) is 13.7. The van der Waals surface area contributed by atoms with E-state index in [1.165, 1.54) is 6.92 Å². The average Bonchev–Trinajstić information content (AvgIpc) is 2.84. The molecule has 0 saturated heterocycles. The molecule has 0 bridgehead atoms. The van der Waals surface area contributed by atoms with E-state index in [-0.39, 0.29) is 60.0 Å². The Morgan fingerprint density at radius 1 is 0.750 bits per heavy atom. The molecule has 0 aliphatic rings. The molecule has 0 fully saturated rings. The molecule has 36 heavy (non-hydrogen) atoms. The summed E-state index contributed by atoms with van der Waals surface area (Å²) in [6.07, 6.45) is 5.17. The molecule has 0 rings (SSSR count). The van der Waals surface area contributed by atoms with Gasteiger partial charge in [0.2, 0.25) is 0 Å². The molecule has 10 heteroatoms. The monoisotopic (exact) mass is 546 g/mol. The fourth-order valence-corrected chi connectivity index (χ4v) is 4.48. The molecule has 0 radical (unpaired) electrons. The Balaban J connectivity index is 5.23. The van der Waals surface area contributed by atoms with Gasteiger partial charge in [0.15, 0.2) is 17.3 Å². The lowest BCUT2D eigenvalue weighted by molar-refractivity contribution is -0.122. The van der Waals surface area contributed by atoms with Crippen molar-refractivity contribution in [1.29, 1.82) is 0 Å². The second kappa shape index (κ2) is 20.2. The number of carbonyl (C=O) groups excluding carboxylic acids is 4. The van der Waals surface area contributed by atoms with Gasteiger partial charge in [-0.25, -0.2) is 0 Å². The van der Waals surface area contributed by atoms with Gasteiger partial charge in [-0.1, -0.05) is 53.4 Å². The molecule has 0 amide bonds. The standard InChI is InChI=1S/C26H50N4O4S2/c1-7-9-11-19(27-6)22(32)13-28-20(12-10-8-2)23(33)14-30-25(26(36)17(3)4)24(34)15-29-21(16-35)18(5)31/h17,19-21,25-30,35-36H,7-16H2,1-6H3/t19-,20-,21-,25+,26+/m0/s1. The summed E-state index contributed by atoms with van der Waals surface area (Å²) in [5, 5.41) is 12.0. The zero-order chi connectivity index (χ0) is 27.7. The first-order valence-corrected chi connectivity index (χ1v) is 14.4. The summed E-state index contributed by atoms with van der Waals surface area (Å²) in [4.78, 5) is 50.5. The van der Waals surface area contributed by atoms with Crippen molar-refractivity contribution in [3.05, 3.63) is 0 Å². The van der Waals surface area contributed by atoms with Crippen molar-refractivity contribution in [2.45, 2.75) is 103 Å². The van der Waals surface area contributed by atoms with Crippen LogP contribution in [-0.4, -0.2) is 85.0 Å². The summed E-state index contributed by atoms with van der Waals surface area (Å²) in [6, 6.07) is -1.86. The summed E-state index contributed by atoms with van der Waals surface area (Å²) in [7, 11) is 1.78. The minimum Gasteiger partial charge on any atom is -0.311 e. The van der Waals surface area contributed by atoms with Gasteiger partial charge in [0.1, 0.15) is 5.78 Å². The van der Waals surface area contributed by atoms with Crippen LogP contribution in [0.5, 0.6) is 0 Å². The van der Waals surface area contributed by atoms with Crippen LogP contribution in [0.3, 0.4) is 0 Å². The van der Waals surface area contributed by atoms with E-state index in [0.29, 0.717) is 12.2 Å². The van der Waals surface area contributed by atoms with Crippen LogP contribution in [0.2, 0.25) is 0 Å². The van der Waals surface area contributed by atoms with Crippen LogP contribution < -0.4 is 21.3 Å². The van der Waals surface area contributed by atoms with E-state index in [2.05, 4.69) is 60.4 Å². The largest absolute Gasteiger partial charge is 0.311 e. The predicted molar refractivity (Wildman–Crippen MR) is 154 cm³/mol. The maximum Gasteiger partial charge on any atom is 0.164 e. The summed E-state index contributed by atoms with van der Waals surface area (Å²) in [5.74, 6) is 0.101. The van der Waals surface area contributed by atoms with Crippen molar-refractivity contribution in [2.24, 2.45) is 5.92 Å². The molecule has 0 unspecified atom stereocenters. The number of Topliss-reactive ketones (excluding diaryl/α,β-unsaturated/α-hetero) is 4. The number of hydrogen-bond acceptors (Lipinski definition) is 10. The second-order valence-electron chi connectivity index (χ2n) is 9.78. The number of nitrogens with one attached hydrogen (secondary N) is 4. The Bertz CT molecular complexity index is 678. The minimum absolute atomic E-state index is 0.0102. The number of thiol groups is 2. The molecular formula is C26H50N4O4S2. The number of rotatable bonds is 23. The summed E-state index contributed by atoms with van der Waals surface area (Å²) in [5.41, 5.74) is 0. The molecule has 0 heterocycles. The number of likely N-dealkylation sites (N-methyl/N-ethyl adjacent to an activating group) is 1. The molecule has 0 aromatic rings. The normalized spacial score (nSPS) is 15.8. The van der Waals surface area contributed by atoms with Gasteiger partial charge in [0, 0.05) is 11.0 Å². The van der Waals surface area contributed by atoms with Crippen LogP contribution in [0.25, 0.3) is 0 Å². The van der Waals surface area contributed by atoms with Crippen molar-refractivity contribution in [1.82, 2.24) is 21.3 Å². The van der Waals surface area contributed by atoms with Crippen LogP contribution in [0.1, 0.15) is 73.1 Å². The van der Waals surface area contributed by atoms with Gasteiger partial charge in [0.25, 0.3) is 0 Å². The Labute approximate surface area is 229 Å². The number of carbonyl (C=O) groups is 4. The lowest BCUT2D eigenvalue weighted by Crippen LogP contribution is -2.54. The van der Waals surface area contributed by atoms with Crippen molar-refractivity contribution >= 4 is 48.4 Å². The van der Waals surface area contributed by atoms with Gasteiger partial charge in [-0.2, -0.15) is 25.3 Å². The van der Waals surface area contributed by atoms with Crippen LogP contribution in [0.4, 0.5) is 0 Å². The van der Waals surface area contributed by atoms with Gasteiger partial charge in [-0.05, 0) is 32.7 Å². The molecule has 210 valence electrons. The number of hydrogen-bond donors (Lipinski definition) is 6. The van der Waals surface area contributed by atoms with E-state index in [0.717, 1.165) is 32.1 Å². The highest BCUT2D eigenvalue weighted by Crippen LogP contribution is 2.15. The molecule has 8 nitrogen and oxygen atoms in total. The van der Waals surface area contributed by atoms with Gasteiger partial charge < -0.3 is 10.6 Å². The lowest BCUT2D eigenvalue weighted by Gasteiger charge is -2.28. The smallest absolute Gasteiger partial charge is 0.164 e. The van der Waals surface area contributed by atoms with Crippen LogP contribution >= 0.6 is 25.3 Å². The minimum atomic E-state index is -0.659. The fraction of sp³-hybridized carbons (Fsp3) is 0.846. The summed E-state index contributed by atoms with van der Waals surface area (Å²) in [6.45, 7) is 9.63. The maximum absolute atomic E-state index is 13.1. The maximum atomic E-state index is 13.1. The summed E-state index contributed by atoms with van der Waals surface area (Å²) < 4.78 is 0. The zero-order valence-corrected chi connectivity index (χ0v) is 24.9. The first-order chi connectivity index (χ1) is 17.0. The van der Waals surface area contributed by atoms with Gasteiger partial charge in [-0.3, -0.25) is 29.8 Å². The average molecular weight is 547 g/mol. The Hall–Kier alpha value is -0.780. The molecule has 5 atom stereocenters. The fourth-order valence-electron chi connectivity index (χ4n) is 3.82. The first kappa shape index (κ1) is 35.2. The lowest BCUT2D eigenvalue weighted by atomic mass is 9.98. The van der Waals surface area contributed by atoms with E-state index in [9.17, 15) is 19.2 Å². The van der Waals surface area contributed by atoms with Gasteiger partial charge in [0.05, 0.1) is 43.8 Å². The van der Waals surface area contributed by atoms with E-state index >= 15 is 0 Å². The molecule has 4 N–H and O–H groups in total. The van der Waals surface area contributed by atoms with Crippen LogP contribution in [0.15, 0.2) is 0 Å². The molecule has 0 spiro atoms. The van der Waals surface area contributed by atoms with Crippen molar-refractivity contribution in [3.8, 4) is 0 Å². The highest BCUT2D eigenvalue weighted by atomic mass is 32.1. The highest BCUT2D eigenvalue weighted by Gasteiger charge is 2.30. The predicted octanol–water partition coefficient (Wildman–Crippen LogP) is 2.01. The quantitative estimate of drug-likeness (QED) is 0.108. The van der Waals surface area contributed by atoms with Crippen molar-refractivity contribution in [3.63, 3.8) is 0 Å². The van der Waals surface area contributed by atoms with Gasteiger partial charge in [-0.15, -0.1) is 0 Å². The molecule has 0 aromatic heterocycles. The molecule has 0 aliphatic heterocycles. The Morgan fingerprint density at radius 2 is 1.22 bits per heavy atom. The topological polar surface area (TPSA) is 116 Å². The van der Waals surface area contributed by atoms with Crippen LogP contribution in [-0.2, 0) is 19.2 Å². The second-order valence-corrected chi connectivity index (χ2v) is 10.7. The van der Waals surface area contributed by atoms with E-state index in [4.69, 9.17) is 0 Å². The summed E-state index contributed by atoms with van der Waals surface area (Å²) >= 11 is 8.80. The van der Waals surface area contributed by atoms with E-state index in [1.54, 1.807) is 7.05 Å². The first-order valence-electron chi connectivity index (χ1n) is 13.3. The van der Waals surface area contributed by atoms with Crippen LogP contribution in [0, 0.1) is 5.92 Å². The SMILES string of the molecule is CCCC[C@H](NC)C(=O)CN[C@@H](CCCC)C(=O)CN[C@H](C(=O)CN[C@@H](CS)C(C)=O)[C@H](S)C(C)C. The van der Waals surface area contributed by atoms with Crippen molar-refractivity contribution < 1.29 is 19.2 Å². The third-order valence-corrected chi connectivity index (χ3v) is 7.66. The third-order valence-electron chi connectivity index (χ3n) is 6.40. The van der Waals surface area contributed by atoms with E-state index < -0.39 is 18.1 Å². The van der Waals surface area contributed by atoms with Crippen molar-refractivity contribution in [2.75, 3.05) is 32.4 Å². The van der Waals surface area contributed by atoms with E-state index in [1.807, 2.05) is 13.8 Å². The Morgan fingerprint density at radius 3 is 1.69 bits per heavy atom. The molecular weight excluding hydrogens is 496 g/mol. The molecule has 0 aliphatic carbocycles. The molecule has 0 saturated carbocycles. The molecule has 0 aromatic carbocycles. The highest BCUT2D eigenvalue weighted by molar-refractivity contribution is 7.81.